The van der Waals surface area contributed by atoms with Gasteiger partial charge in [-0.3, -0.25) is 4.99 Å². The van der Waals surface area contributed by atoms with Crippen LogP contribution < -0.4 is 5.32 Å². The molecular weight excluding hydrogens is 375 g/mol. The molecule has 0 radical (unpaired) electrons. The molecule has 0 aromatic carbocycles. The van der Waals surface area contributed by atoms with E-state index >= 15 is 0 Å². The molecule has 124 valence electrons. The third kappa shape index (κ3) is 5.93. The Bertz CT molecular complexity index is 335. The molecule has 21 heavy (non-hydrogen) atoms. The Labute approximate surface area is 147 Å². The number of piperidine rings is 1. The quantitative estimate of drug-likeness (QED) is 0.443. The van der Waals surface area contributed by atoms with E-state index in [2.05, 4.69) is 42.9 Å². The Balaban J connectivity index is 0.00000220. The van der Waals surface area contributed by atoms with Gasteiger partial charge in [0.25, 0.3) is 0 Å². The number of nitrogens with zero attached hydrogens (tertiary/aromatic N) is 3. The van der Waals surface area contributed by atoms with Crippen molar-refractivity contribution in [3.63, 3.8) is 0 Å². The van der Waals surface area contributed by atoms with E-state index in [0.29, 0.717) is 5.41 Å². The summed E-state index contributed by atoms with van der Waals surface area (Å²) in [6.07, 6.45) is 3.86. The third-order valence-electron chi connectivity index (χ3n) is 4.65. The van der Waals surface area contributed by atoms with Gasteiger partial charge >= 0.3 is 0 Å². The summed E-state index contributed by atoms with van der Waals surface area (Å²) in [6, 6.07) is 0. The van der Waals surface area contributed by atoms with Crippen LogP contribution in [0.25, 0.3) is 0 Å². The van der Waals surface area contributed by atoms with Crippen LogP contribution in [0.4, 0.5) is 0 Å². The minimum absolute atomic E-state index is 0. The maximum Gasteiger partial charge on any atom is 0.193 e. The fourth-order valence-corrected chi connectivity index (χ4v) is 3.18. The fourth-order valence-electron chi connectivity index (χ4n) is 3.18. The van der Waals surface area contributed by atoms with Crippen molar-refractivity contribution in [3.05, 3.63) is 0 Å². The second-order valence-corrected chi connectivity index (χ2v) is 7.28. The average Bonchev–Trinajstić information content (AvgIpc) is 2.77. The van der Waals surface area contributed by atoms with Gasteiger partial charge in [-0.15, -0.1) is 24.0 Å². The first-order valence-electron chi connectivity index (χ1n) is 8.22. The molecule has 0 saturated carbocycles. The molecule has 0 aromatic rings. The van der Waals surface area contributed by atoms with E-state index in [4.69, 9.17) is 4.99 Å². The first-order chi connectivity index (χ1) is 9.50. The summed E-state index contributed by atoms with van der Waals surface area (Å²) in [7, 11) is 2.22. The molecule has 0 aliphatic carbocycles. The van der Waals surface area contributed by atoms with E-state index < -0.39 is 0 Å². The lowest BCUT2D eigenvalue weighted by Gasteiger charge is -2.29. The first-order valence-corrected chi connectivity index (χ1v) is 8.22. The van der Waals surface area contributed by atoms with Crippen molar-refractivity contribution < 1.29 is 0 Å². The van der Waals surface area contributed by atoms with Gasteiger partial charge in [0.05, 0.1) is 0 Å². The molecule has 0 spiro atoms. The zero-order chi connectivity index (χ0) is 14.6. The number of likely N-dealkylation sites (tertiary alicyclic amines) is 2. The topological polar surface area (TPSA) is 30.9 Å². The number of rotatable bonds is 3. The van der Waals surface area contributed by atoms with Gasteiger partial charge in [0, 0.05) is 26.2 Å². The zero-order valence-electron chi connectivity index (χ0n) is 14.2. The standard InChI is InChI=1S/C16H32N4.HI/c1-5-17-15(20-11-8-16(2,3)13-20)18-12-14-6-9-19(4)10-7-14;/h14H,5-13H2,1-4H3,(H,17,18);1H. The first kappa shape index (κ1) is 19.0. The monoisotopic (exact) mass is 408 g/mol. The van der Waals surface area contributed by atoms with Crippen LogP contribution in [-0.4, -0.2) is 62.1 Å². The van der Waals surface area contributed by atoms with Crippen LogP contribution in [0, 0.1) is 11.3 Å². The van der Waals surface area contributed by atoms with Crippen LogP contribution in [0.3, 0.4) is 0 Å². The normalized spacial score (nSPS) is 24.0. The maximum atomic E-state index is 4.92. The third-order valence-corrected chi connectivity index (χ3v) is 4.65. The minimum atomic E-state index is 0. The number of hydrogen-bond donors (Lipinski definition) is 1. The van der Waals surface area contributed by atoms with Crippen LogP contribution in [0.15, 0.2) is 4.99 Å². The highest BCUT2D eigenvalue weighted by molar-refractivity contribution is 14.0. The maximum absolute atomic E-state index is 4.92. The molecule has 0 atom stereocenters. The Morgan fingerprint density at radius 3 is 2.43 bits per heavy atom. The lowest BCUT2D eigenvalue weighted by molar-refractivity contribution is 0.223. The van der Waals surface area contributed by atoms with Gasteiger partial charge in [-0.1, -0.05) is 13.8 Å². The molecule has 2 saturated heterocycles. The second-order valence-electron chi connectivity index (χ2n) is 7.28. The van der Waals surface area contributed by atoms with Gasteiger partial charge in [-0.05, 0) is 57.7 Å². The number of aliphatic imine (C=N–C) groups is 1. The molecule has 0 unspecified atom stereocenters. The van der Waals surface area contributed by atoms with E-state index in [9.17, 15) is 0 Å². The van der Waals surface area contributed by atoms with Crippen LogP contribution in [-0.2, 0) is 0 Å². The van der Waals surface area contributed by atoms with Gasteiger partial charge in [0.1, 0.15) is 0 Å². The number of hydrogen-bond acceptors (Lipinski definition) is 2. The second kappa shape index (κ2) is 8.56. The SMILES string of the molecule is CCNC(=NCC1CCN(C)CC1)N1CCC(C)(C)C1.I. The summed E-state index contributed by atoms with van der Waals surface area (Å²) >= 11 is 0. The van der Waals surface area contributed by atoms with Crippen LogP contribution in [0.2, 0.25) is 0 Å². The molecule has 1 N–H and O–H groups in total. The number of guanidine groups is 1. The predicted molar refractivity (Wildman–Crippen MR) is 102 cm³/mol. The van der Waals surface area contributed by atoms with Crippen molar-refractivity contribution >= 4 is 29.9 Å². The molecule has 4 nitrogen and oxygen atoms in total. The van der Waals surface area contributed by atoms with Gasteiger partial charge in [-0.2, -0.15) is 0 Å². The molecular formula is C16H33IN4. The van der Waals surface area contributed by atoms with E-state index in [0.717, 1.165) is 38.1 Å². The summed E-state index contributed by atoms with van der Waals surface area (Å²) in [5, 5.41) is 3.48. The Morgan fingerprint density at radius 1 is 1.24 bits per heavy atom. The molecule has 0 amide bonds. The van der Waals surface area contributed by atoms with Crippen molar-refractivity contribution in [1.29, 1.82) is 0 Å². The smallest absolute Gasteiger partial charge is 0.193 e. The fraction of sp³-hybridized carbons (Fsp3) is 0.938. The Hall–Kier alpha value is -0.0400. The van der Waals surface area contributed by atoms with E-state index in [1.165, 1.54) is 32.4 Å². The minimum Gasteiger partial charge on any atom is -0.357 e. The highest BCUT2D eigenvalue weighted by Crippen LogP contribution is 2.28. The summed E-state index contributed by atoms with van der Waals surface area (Å²) in [5.74, 6) is 1.91. The predicted octanol–water partition coefficient (Wildman–Crippen LogP) is 2.64. The average molecular weight is 408 g/mol. The molecule has 5 heteroatoms. The largest absolute Gasteiger partial charge is 0.357 e. The molecule has 2 fully saturated rings. The van der Waals surface area contributed by atoms with Gasteiger partial charge < -0.3 is 15.1 Å². The van der Waals surface area contributed by atoms with E-state index in [1.807, 2.05) is 0 Å². The summed E-state index contributed by atoms with van der Waals surface area (Å²) in [6.45, 7) is 13.6. The van der Waals surface area contributed by atoms with E-state index in [-0.39, 0.29) is 24.0 Å². The van der Waals surface area contributed by atoms with Crippen LogP contribution in [0.5, 0.6) is 0 Å². The zero-order valence-corrected chi connectivity index (χ0v) is 16.5. The number of nitrogens with one attached hydrogen (secondary N) is 1. The van der Waals surface area contributed by atoms with Crippen LogP contribution >= 0.6 is 24.0 Å². The highest BCUT2D eigenvalue weighted by atomic mass is 127. The summed E-state index contributed by atoms with van der Waals surface area (Å²) in [5.41, 5.74) is 0.434. The highest BCUT2D eigenvalue weighted by Gasteiger charge is 2.31. The van der Waals surface area contributed by atoms with Crippen molar-refractivity contribution in [3.8, 4) is 0 Å². The van der Waals surface area contributed by atoms with Gasteiger partial charge in [-0.25, -0.2) is 0 Å². The molecule has 2 heterocycles. The molecule has 0 aromatic heterocycles. The van der Waals surface area contributed by atoms with Crippen molar-refractivity contribution in [2.45, 2.75) is 40.0 Å². The number of halogens is 1. The Morgan fingerprint density at radius 2 is 1.90 bits per heavy atom. The van der Waals surface area contributed by atoms with Crippen molar-refractivity contribution in [1.82, 2.24) is 15.1 Å². The summed E-state index contributed by atoms with van der Waals surface area (Å²) < 4.78 is 0. The lowest BCUT2D eigenvalue weighted by Crippen LogP contribution is -2.41. The van der Waals surface area contributed by atoms with Crippen molar-refractivity contribution in [2.75, 3.05) is 46.3 Å². The van der Waals surface area contributed by atoms with Crippen LogP contribution in [0.1, 0.15) is 40.0 Å². The molecule has 2 rings (SSSR count). The molecule has 2 aliphatic heterocycles. The summed E-state index contributed by atoms with van der Waals surface area (Å²) in [4.78, 5) is 9.79. The van der Waals surface area contributed by atoms with E-state index in [1.54, 1.807) is 0 Å². The van der Waals surface area contributed by atoms with Gasteiger partial charge in [0.15, 0.2) is 5.96 Å². The molecule has 0 bridgehead atoms. The lowest BCUT2D eigenvalue weighted by atomic mass is 9.93. The Kier molecular flexibility index (Phi) is 7.74. The molecule has 2 aliphatic rings. The van der Waals surface area contributed by atoms with Gasteiger partial charge in [0.2, 0.25) is 0 Å². The van der Waals surface area contributed by atoms with Crippen molar-refractivity contribution in [2.24, 2.45) is 16.3 Å².